The number of aromatic nitrogens is 2. The Labute approximate surface area is 156 Å². The quantitative estimate of drug-likeness (QED) is 0.685. The maximum atomic E-state index is 11.1. The highest BCUT2D eigenvalue weighted by Crippen LogP contribution is 2.25. The summed E-state index contributed by atoms with van der Waals surface area (Å²) in [5, 5.41) is 9.06. The minimum atomic E-state index is -1.12. The average Bonchev–Trinajstić information content (AvgIpc) is 2.72. The molecule has 1 N–H and O–H groups in total. The zero-order valence-electron chi connectivity index (χ0n) is 14.9. The lowest BCUT2D eigenvalue weighted by molar-refractivity contribution is 0.0690. The van der Waals surface area contributed by atoms with Crippen molar-refractivity contribution in [3.8, 4) is 28.5 Å². The summed E-state index contributed by atoms with van der Waals surface area (Å²) in [5.74, 6) is 0.866. The number of aromatic carboxylic acids is 1. The third kappa shape index (κ3) is 4.52. The number of rotatable bonds is 7. The summed E-state index contributed by atoms with van der Waals surface area (Å²) in [4.78, 5) is 19.1. The van der Waals surface area contributed by atoms with Crippen LogP contribution in [0.25, 0.3) is 11.3 Å². The summed E-state index contributed by atoms with van der Waals surface area (Å²) in [6.07, 6.45) is 2.72. The van der Waals surface area contributed by atoms with Gasteiger partial charge in [-0.15, -0.1) is 0 Å². The molecule has 138 valence electrons. The van der Waals surface area contributed by atoms with Crippen molar-refractivity contribution in [2.24, 2.45) is 0 Å². The van der Waals surface area contributed by atoms with E-state index in [-0.39, 0.29) is 5.69 Å². The second kappa shape index (κ2) is 8.18. The number of benzene rings is 2. The fraction of sp³-hybridized carbons (Fsp3) is 0.150. The van der Waals surface area contributed by atoms with Gasteiger partial charge in [0, 0.05) is 11.6 Å². The van der Waals surface area contributed by atoms with Crippen LogP contribution in [0.5, 0.6) is 17.2 Å². The van der Waals surface area contributed by atoms with Gasteiger partial charge in [0.15, 0.2) is 5.69 Å². The van der Waals surface area contributed by atoms with Gasteiger partial charge in [-0.3, -0.25) is 4.98 Å². The molecule has 3 rings (SSSR count). The van der Waals surface area contributed by atoms with Crippen LogP contribution in [0, 0.1) is 0 Å². The first-order valence-electron chi connectivity index (χ1n) is 8.09. The van der Waals surface area contributed by atoms with Gasteiger partial charge >= 0.3 is 5.97 Å². The van der Waals surface area contributed by atoms with Crippen LogP contribution in [-0.2, 0) is 6.61 Å². The minimum absolute atomic E-state index is 0.109. The number of nitrogens with zero attached hydrogens (tertiary/aromatic N) is 2. The van der Waals surface area contributed by atoms with Crippen molar-refractivity contribution in [3.05, 3.63) is 66.1 Å². The monoisotopic (exact) mass is 366 g/mol. The molecule has 0 bridgehead atoms. The van der Waals surface area contributed by atoms with E-state index >= 15 is 0 Å². The van der Waals surface area contributed by atoms with Crippen molar-refractivity contribution in [1.82, 2.24) is 9.97 Å². The van der Waals surface area contributed by atoms with E-state index in [1.165, 1.54) is 12.4 Å². The molecule has 0 radical (unpaired) electrons. The summed E-state index contributed by atoms with van der Waals surface area (Å²) in [5.41, 5.74) is 1.96. The largest absolute Gasteiger partial charge is 0.497 e. The number of hydrogen-bond donors (Lipinski definition) is 1. The third-order valence-electron chi connectivity index (χ3n) is 3.80. The summed E-state index contributed by atoms with van der Waals surface area (Å²) in [7, 11) is 3.18. The Hall–Kier alpha value is -3.61. The van der Waals surface area contributed by atoms with Crippen molar-refractivity contribution in [2.45, 2.75) is 6.61 Å². The highest BCUT2D eigenvalue weighted by molar-refractivity contribution is 5.85. The van der Waals surface area contributed by atoms with E-state index in [1.807, 2.05) is 30.3 Å². The van der Waals surface area contributed by atoms with E-state index in [0.717, 1.165) is 5.56 Å². The predicted molar refractivity (Wildman–Crippen MR) is 98.3 cm³/mol. The molecule has 1 aromatic heterocycles. The van der Waals surface area contributed by atoms with Gasteiger partial charge in [0.05, 0.1) is 32.3 Å². The average molecular weight is 366 g/mol. The lowest BCUT2D eigenvalue weighted by Gasteiger charge is -2.11. The molecule has 27 heavy (non-hydrogen) atoms. The molecule has 3 aromatic rings. The van der Waals surface area contributed by atoms with Gasteiger partial charge in [-0.25, -0.2) is 9.78 Å². The number of methoxy groups -OCH3 is 2. The van der Waals surface area contributed by atoms with Gasteiger partial charge in [-0.2, -0.15) is 0 Å². The number of carboxylic acid groups (broad SMARTS) is 1. The molecule has 0 spiro atoms. The Balaban J connectivity index is 1.79. The Kier molecular flexibility index (Phi) is 5.51. The van der Waals surface area contributed by atoms with Gasteiger partial charge in [-0.05, 0) is 29.8 Å². The van der Waals surface area contributed by atoms with Crippen molar-refractivity contribution < 1.29 is 24.1 Å². The normalized spacial score (nSPS) is 10.3. The molecule has 0 amide bonds. The molecule has 0 saturated heterocycles. The second-order valence-electron chi connectivity index (χ2n) is 5.63. The molecule has 1 heterocycles. The summed E-state index contributed by atoms with van der Waals surface area (Å²) in [6, 6.07) is 12.8. The molecule has 0 aliphatic carbocycles. The fourth-order valence-electron chi connectivity index (χ4n) is 2.47. The Bertz CT molecular complexity index is 936. The molecule has 0 saturated carbocycles. The smallest absolute Gasteiger partial charge is 0.356 e. The standard InChI is InChI=1S/C20H18N2O5/c1-25-16-6-13(7-17(9-16)26-2)12-27-15-5-3-4-14(8-15)18-10-21-11-19(22-18)20(23)24/h3-11H,12H2,1-2H3,(H,23,24). The molecule has 0 fully saturated rings. The Morgan fingerprint density at radius 1 is 1.00 bits per heavy atom. The molecular weight excluding hydrogens is 348 g/mol. The van der Waals surface area contributed by atoms with Crippen LogP contribution in [0.4, 0.5) is 0 Å². The fourth-order valence-corrected chi connectivity index (χ4v) is 2.47. The molecule has 0 atom stereocenters. The van der Waals surface area contributed by atoms with Crippen LogP contribution < -0.4 is 14.2 Å². The van der Waals surface area contributed by atoms with Crippen molar-refractivity contribution >= 4 is 5.97 Å². The van der Waals surface area contributed by atoms with Gasteiger partial charge in [-0.1, -0.05) is 12.1 Å². The van der Waals surface area contributed by atoms with E-state index < -0.39 is 5.97 Å². The topological polar surface area (TPSA) is 90.8 Å². The Morgan fingerprint density at radius 3 is 2.41 bits per heavy atom. The SMILES string of the molecule is COc1cc(COc2cccc(-c3cncc(C(=O)O)n3)c2)cc(OC)c1. The van der Waals surface area contributed by atoms with E-state index in [1.54, 1.807) is 26.4 Å². The molecule has 0 aliphatic rings. The first-order valence-corrected chi connectivity index (χ1v) is 8.09. The highest BCUT2D eigenvalue weighted by atomic mass is 16.5. The van der Waals surface area contributed by atoms with Crippen molar-refractivity contribution in [2.75, 3.05) is 14.2 Å². The molecule has 0 unspecified atom stereocenters. The molecule has 7 nitrogen and oxygen atoms in total. The number of carboxylic acids is 1. The maximum absolute atomic E-state index is 11.1. The third-order valence-corrected chi connectivity index (χ3v) is 3.80. The Morgan fingerprint density at radius 2 is 1.74 bits per heavy atom. The van der Waals surface area contributed by atoms with Gasteiger partial charge < -0.3 is 19.3 Å². The van der Waals surface area contributed by atoms with Crippen LogP contribution in [0.2, 0.25) is 0 Å². The van der Waals surface area contributed by atoms with Crippen LogP contribution in [-0.4, -0.2) is 35.3 Å². The van der Waals surface area contributed by atoms with E-state index in [2.05, 4.69) is 9.97 Å². The first-order chi connectivity index (χ1) is 13.1. The van der Waals surface area contributed by atoms with E-state index in [9.17, 15) is 4.79 Å². The second-order valence-corrected chi connectivity index (χ2v) is 5.63. The lowest BCUT2D eigenvalue weighted by atomic mass is 10.1. The van der Waals surface area contributed by atoms with E-state index in [4.69, 9.17) is 19.3 Å². The van der Waals surface area contributed by atoms with Gasteiger partial charge in [0.1, 0.15) is 23.9 Å². The predicted octanol–water partition coefficient (Wildman–Crippen LogP) is 3.44. The number of carbonyl (C=O) groups is 1. The van der Waals surface area contributed by atoms with Crippen LogP contribution >= 0.6 is 0 Å². The minimum Gasteiger partial charge on any atom is -0.497 e. The van der Waals surface area contributed by atoms with Crippen molar-refractivity contribution in [1.29, 1.82) is 0 Å². The highest BCUT2D eigenvalue weighted by Gasteiger charge is 2.09. The van der Waals surface area contributed by atoms with Gasteiger partial charge in [0.25, 0.3) is 0 Å². The summed E-state index contributed by atoms with van der Waals surface area (Å²) >= 11 is 0. The molecular formula is C20H18N2O5. The zero-order chi connectivity index (χ0) is 19.2. The van der Waals surface area contributed by atoms with Crippen LogP contribution in [0.3, 0.4) is 0 Å². The zero-order valence-corrected chi connectivity index (χ0v) is 14.9. The van der Waals surface area contributed by atoms with E-state index in [0.29, 0.717) is 35.1 Å². The first kappa shape index (κ1) is 18.2. The summed E-state index contributed by atoms with van der Waals surface area (Å²) in [6.45, 7) is 0.317. The summed E-state index contributed by atoms with van der Waals surface area (Å²) < 4.78 is 16.4. The van der Waals surface area contributed by atoms with Crippen LogP contribution in [0.15, 0.2) is 54.9 Å². The van der Waals surface area contributed by atoms with Gasteiger partial charge in [0.2, 0.25) is 0 Å². The number of ether oxygens (including phenoxy) is 3. The van der Waals surface area contributed by atoms with Crippen LogP contribution in [0.1, 0.15) is 16.1 Å². The maximum Gasteiger partial charge on any atom is 0.356 e. The molecule has 0 aliphatic heterocycles. The van der Waals surface area contributed by atoms with Crippen molar-refractivity contribution in [3.63, 3.8) is 0 Å². The number of hydrogen-bond acceptors (Lipinski definition) is 6. The molecule has 7 heteroatoms. The molecule has 2 aromatic carbocycles. The lowest BCUT2D eigenvalue weighted by Crippen LogP contribution is -2.02.